The quantitative estimate of drug-likeness (QED) is 0.588. The van der Waals surface area contributed by atoms with E-state index in [4.69, 9.17) is 4.74 Å². The number of hydrogen-bond acceptors (Lipinski definition) is 3. The van der Waals surface area contributed by atoms with Gasteiger partial charge in [0.2, 0.25) is 5.90 Å². The standard InChI is InChI=1S/C10H10N2O/c1-13-10-9-5-3-2-4-8(9)6-11-7-12-10/h2-5,7H,6H2,1H3. The van der Waals surface area contributed by atoms with Crippen molar-refractivity contribution >= 4 is 12.2 Å². The number of rotatable bonds is 0. The van der Waals surface area contributed by atoms with Gasteiger partial charge < -0.3 is 4.74 Å². The number of fused-ring (bicyclic) bond motifs is 1. The fourth-order valence-corrected chi connectivity index (χ4v) is 1.33. The smallest absolute Gasteiger partial charge is 0.222 e. The van der Waals surface area contributed by atoms with Crippen LogP contribution in [0.3, 0.4) is 0 Å². The average molecular weight is 174 g/mol. The summed E-state index contributed by atoms with van der Waals surface area (Å²) in [5.41, 5.74) is 2.18. The lowest BCUT2D eigenvalue weighted by atomic mass is 10.1. The van der Waals surface area contributed by atoms with Crippen LogP contribution in [0.15, 0.2) is 34.3 Å². The van der Waals surface area contributed by atoms with Gasteiger partial charge in [-0.25, -0.2) is 4.99 Å². The van der Waals surface area contributed by atoms with E-state index >= 15 is 0 Å². The third-order valence-corrected chi connectivity index (χ3v) is 1.96. The molecule has 0 amide bonds. The second-order valence-corrected chi connectivity index (χ2v) is 2.75. The first-order chi connectivity index (χ1) is 6.42. The summed E-state index contributed by atoms with van der Waals surface area (Å²) in [6, 6.07) is 7.99. The van der Waals surface area contributed by atoms with Crippen LogP contribution in [0.4, 0.5) is 0 Å². The Morgan fingerprint density at radius 1 is 1.31 bits per heavy atom. The fourth-order valence-electron chi connectivity index (χ4n) is 1.33. The van der Waals surface area contributed by atoms with Crippen LogP contribution in [0.25, 0.3) is 0 Å². The van der Waals surface area contributed by atoms with Gasteiger partial charge in [0.15, 0.2) is 0 Å². The van der Waals surface area contributed by atoms with Gasteiger partial charge in [-0.3, -0.25) is 4.99 Å². The summed E-state index contributed by atoms with van der Waals surface area (Å²) in [5, 5.41) is 0. The molecule has 0 saturated carbocycles. The van der Waals surface area contributed by atoms with Crippen molar-refractivity contribution in [3.63, 3.8) is 0 Å². The van der Waals surface area contributed by atoms with Gasteiger partial charge in [-0.15, -0.1) is 0 Å². The van der Waals surface area contributed by atoms with E-state index in [1.807, 2.05) is 24.3 Å². The van der Waals surface area contributed by atoms with E-state index in [2.05, 4.69) is 9.98 Å². The molecule has 1 aliphatic rings. The van der Waals surface area contributed by atoms with Crippen LogP contribution in [-0.4, -0.2) is 19.3 Å². The topological polar surface area (TPSA) is 34.0 Å². The Labute approximate surface area is 76.8 Å². The highest BCUT2D eigenvalue weighted by molar-refractivity contribution is 6.00. The van der Waals surface area contributed by atoms with Crippen LogP contribution in [-0.2, 0) is 11.3 Å². The molecule has 0 spiro atoms. The predicted molar refractivity (Wildman–Crippen MR) is 52.2 cm³/mol. The molecule has 1 aromatic carbocycles. The lowest BCUT2D eigenvalue weighted by Crippen LogP contribution is -2.05. The Morgan fingerprint density at radius 2 is 2.15 bits per heavy atom. The Hall–Kier alpha value is -1.64. The third-order valence-electron chi connectivity index (χ3n) is 1.96. The molecule has 2 rings (SSSR count). The van der Waals surface area contributed by atoms with Crippen molar-refractivity contribution in [2.24, 2.45) is 9.98 Å². The maximum absolute atomic E-state index is 5.16. The molecule has 66 valence electrons. The van der Waals surface area contributed by atoms with Crippen LogP contribution in [0.5, 0.6) is 0 Å². The minimum Gasteiger partial charge on any atom is -0.481 e. The summed E-state index contributed by atoms with van der Waals surface area (Å²) >= 11 is 0. The summed E-state index contributed by atoms with van der Waals surface area (Å²) in [5.74, 6) is 0.636. The van der Waals surface area contributed by atoms with Crippen molar-refractivity contribution in [3.8, 4) is 0 Å². The minimum atomic E-state index is 0.636. The zero-order valence-electron chi connectivity index (χ0n) is 7.40. The minimum absolute atomic E-state index is 0.636. The molecule has 0 atom stereocenters. The van der Waals surface area contributed by atoms with Gasteiger partial charge in [-0.2, -0.15) is 0 Å². The molecule has 3 nitrogen and oxygen atoms in total. The molecule has 0 fully saturated rings. The van der Waals surface area contributed by atoms with E-state index in [0.29, 0.717) is 12.4 Å². The third kappa shape index (κ3) is 1.45. The van der Waals surface area contributed by atoms with Gasteiger partial charge in [-0.05, 0) is 11.6 Å². The number of aliphatic imine (C=N–C) groups is 2. The Bertz CT molecular complexity index is 369. The molecule has 1 heterocycles. The van der Waals surface area contributed by atoms with Crippen molar-refractivity contribution in [1.82, 2.24) is 0 Å². The predicted octanol–water partition coefficient (Wildman–Crippen LogP) is 1.62. The molecular weight excluding hydrogens is 164 g/mol. The maximum Gasteiger partial charge on any atom is 0.222 e. The van der Waals surface area contributed by atoms with Gasteiger partial charge in [0.05, 0.1) is 13.7 Å². The van der Waals surface area contributed by atoms with E-state index in [9.17, 15) is 0 Å². The van der Waals surface area contributed by atoms with Crippen molar-refractivity contribution in [3.05, 3.63) is 35.4 Å². The molecule has 0 aliphatic carbocycles. The monoisotopic (exact) mass is 174 g/mol. The van der Waals surface area contributed by atoms with Crippen LogP contribution >= 0.6 is 0 Å². The molecular formula is C10H10N2O. The van der Waals surface area contributed by atoms with Crippen molar-refractivity contribution in [2.45, 2.75) is 6.54 Å². The summed E-state index contributed by atoms with van der Waals surface area (Å²) in [7, 11) is 1.62. The first-order valence-corrected chi connectivity index (χ1v) is 4.10. The highest BCUT2D eigenvalue weighted by atomic mass is 16.5. The number of nitrogens with zero attached hydrogens (tertiary/aromatic N) is 2. The van der Waals surface area contributed by atoms with Crippen LogP contribution in [0.1, 0.15) is 11.1 Å². The molecule has 0 unspecified atom stereocenters. The number of benzene rings is 1. The Morgan fingerprint density at radius 3 is 3.00 bits per heavy atom. The molecule has 0 saturated heterocycles. The Kier molecular flexibility index (Phi) is 2.08. The van der Waals surface area contributed by atoms with Gasteiger partial charge >= 0.3 is 0 Å². The SMILES string of the molecule is COC1=NC=NCc2ccccc21. The summed E-state index contributed by atoms with van der Waals surface area (Å²) in [6.45, 7) is 0.673. The van der Waals surface area contributed by atoms with E-state index in [-0.39, 0.29) is 0 Å². The average Bonchev–Trinajstić information content (AvgIpc) is 2.39. The fraction of sp³-hybridized carbons (Fsp3) is 0.200. The van der Waals surface area contributed by atoms with Gasteiger partial charge in [0.25, 0.3) is 0 Å². The number of hydrogen-bond donors (Lipinski definition) is 0. The van der Waals surface area contributed by atoms with Crippen molar-refractivity contribution in [1.29, 1.82) is 0 Å². The highest BCUT2D eigenvalue weighted by Gasteiger charge is 2.09. The maximum atomic E-state index is 5.16. The summed E-state index contributed by atoms with van der Waals surface area (Å²) in [6.07, 6.45) is 1.54. The van der Waals surface area contributed by atoms with Crippen LogP contribution in [0, 0.1) is 0 Å². The second kappa shape index (κ2) is 3.39. The molecule has 13 heavy (non-hydrogen) atoms. The Balaban J connectivity index is 2.53. The van der Waals surface area contributed by atoms with Gasteiger partial charge in [0, 0.05) is 5.56 Å². The molecule has 0 bridgehead atoms. The molecule has 0 N–H and O–H groups in total. The van der Waals surface area contributed by atoms with E-state index in [1.54, 1.807) is 13.4 Å². The van der Waals surface area contributed by atoms with Crippen LogP contribution in [0.2, 0.25) is 0 Å². The summed E-state index contributed by atoms with van der Waals surface area (Å²) < 4.78 is 5.16. The first kappa shape index (κ1) is 7.98. The van der Waals surface area contributed by atoms with E-state index < -0.39 is 0 Å². The van der Waals surface area contributed by atoms with E-state index in [1.165, 1.54) is 0 Å². The lowest BCUT2D eigenvalue weighted by molar-refractivity contribution is 0.405. The molecule has 0 aromatic heterocycles. The van der Waals surface area contributed by atoms with Crippen LogP contribution < -0.4 is 0 Å². The summed E-state index contributed by atoms with van der Waals surface area (Å²) in [4.78, 5) is 8.20. The molecule has 3 heteroatoms. The zero-order valence-corrected chi connectivity index (χ0v) is 7.40. The van der Waals surface area contributed by atoms with Gasteiger partial charge in [-0.1, -0.05) is 18.2 Å². The van der Waals surface area contributed by atoms with E-state index in [0.717, 1.165) is 11.1 Å². The first-order valence-electron chi connectivity index (χ1n) is 4.10. The van der Waals surface area contributed by atoms with Gasteiger partial charge in [0.1, 0.15) is 6.34 Å². The zero-order chi connectivity index (χ0) is 9.10. The normalized spacial score (nSPS) is 14.4. The molecule has 1 aliphatic heterocycles. The second-order valence-electron chi connectivity index (χ2n) is 2.75. The van der Waals surface area contributed by atoms with Crippen molar-refractivity contribution in [2.75, 3.05) is 7.11 Å². The molecule has 0 radical (unpaired) electrons. The number of methoxy groups -OCH3 is 1. The largest absolute Gasteiger partial charge is 0.481 e. The molecule has 1 aromatic rings. The number of ether oxygens (including phenoxy) is 1. The highest BCUT2D eigenvalue weighted by Crippen LogP contribution is 2.13. The lowest BCUT2D eigenvalue weighted by Gasteiger charge is -2.05. The van der Waals surface area contributed by atoms with Crippen molar-refractivity contribution < 1.29 is 4.74 Å².